The zero-order valence-corrected chi connectivity index (χ0v) is 13.5. The summed E-state index contributed by atoms with van der Waals surface area (Å²) in [6.45, 7) is 2.66. The van der Waals surface area contributed by atoms with Gasteiger partial charge in [-0.15, -0.1) is 0 Å². The third-order valence-corrected chi connectivity index (χ3v) is 4.84. The predicted molar refractivity (Wildman–Crippen MR) is 88.0 cm³/mol. The Hall–Kier alpha value is -1.50. The van der Waals surface area contributed by atoms with Gasteiger partial charge in [0.1, 0.15) is 0 Å². The molecule has 2 aromatic rings. The van der Waals surface area contributed by atoms with Crippen molar-refractivity contribution in [3.8, 4) is 0 Å². The van der Waals surface area contributed by atoms with Crippen LogP contribution in [0.25, 0.3) is 10.9 Å². The van der Waals surface area contributed by atoms with Crippen molar-refractivity contribution in [3.63, 3.8) is 0 Å². The maximum atomic E-state index is 11.3. The van der Waals surface area contributed by atoms with Crippen LogP contribution >= 0.6 is 0 Å². The van der Waals surface area contributed by atoms with Crippen LogP contribution in [-0.2, 0) is 16.6 Å². The smallest absolute Gasteiger partial charge is 0.208 e. The fourth-order valence-electron chi connectivity index (χ4n) is 3.05. The molecule has 2 heterocycles. The van der Waals surface area contributed by atoms with E-state index in [0.29, 0.717) is 0 Å². The molecular weight excluding hydrogens is 298 g/mol. The molecule has 0 saturated carbocycles. The first-order valence-electron chi connectivity index (χ1n) is 7.53. The van der Waals surface area contributed by atoms with Crippen LogP contribution < -0.4 is 4.72 Å². The van der Waals surface area contributed by atoms with Crippen molar-refractivity contribution in [2.45, 2.75) is 25.4 Å². The molecule has 0 unspecified atom stereocenters. The fraction of sp³-hybridized carbons (Fsp3) is 0.438. The van der Waals surface area contributed by atoms with Crippen molar-refractivity contribution in [3.05, 3.63) is 42.1 Å². The number of piperidine rings is 1. The number of nitrogens with one attached hydrogen (secondary N) is 1. The average molecular weight is 319 g/mol. The lowest BCUT2D eigenvalue weighted by Crippen LogP contribution is -2.43. The number of nitrogens with zero attached hydrogens (tertiary/aromatic N) is 2. The van der Waals surface area contributed by atoms with E-state index in [-0.39, 0.29) is 6.04 Å². The monoisotopic (exact) mass is 319 g/mol. The van der Waals surface area contributed by atoms with Gasteiger partial charge in [0.25, 0.3) is 0 Å². The Labute approximate surface area is 131 Å². The third-order valence-electron chi connectivity index (χ3n) is 4.08. The van der Waals surface area contributed by atoms with E-state index in [2.05, 4.69) is 38.9 Å². The van der Waals surface area contributed by atoms with Crippen molar-refractivity contribution in [1.82, 2.24) is 14.6 Å². The second-order valence-electron chi connectivity index (χ2n) is 5.93. The average Bonchev–Trinajstić information content (AvgIpc) is 2.48. The van der Waals surface area contributed by atoms with E-state index in [4.69, 9.17) is 0 Å². The second kappa shape index (κ2) is 6.32. The van der Waals surface area contributed by atoms with Crippen LogP contribution in [0.1, 0.15) is 18.4 Å². The van der Waals surface area contributed by atoms with E-state index in [1.807, 2.05) is 12.3 Å². The van der Waals surface area contributed by atoms with Gasteiger partial charge in [-0.25, -0.2) is 13.1 Å². The molecule has 0 amide bonds. The summed E-state index contributed by atoms with van der Waals surface area (Å²) in [4.78, 5) is 6.86. The minimum atomic E-state index is -3.11. The Morgan fingerprint density at radius 1 is 1.23 bits per heavy atom. The first-order chi connectivity index (χ1) is 10.5. The van der Waals surface area contributed by atoms with Gasteiger partial charge < -0.3 is 0 Å². The van der Waals surface area contributed by atoms with Crippen LogP contribution in [0.3, 0.4) is 0 Å². The van der Waals surface area contributed by atoms with Crippen molar-refractivity contribution in [1.29, 1.82) is 0 Å². The van der Waals surface area contributed by atoms with Gasteiger partial charge in [-0.05, 0) is 24.5 Å². The molecule has 1 fully saturated rings. The second-order valence-corrected chi connectivity index (χ2v) is 7.71. The fourth-order valence-corrected chi connectivity index (χ4v) is 3.89. The molecule has 1 aliphatic heterocycles. The summed E-state index contributed by atoms with van der Waals surface area (Å²) in [5.41, 5.74) is 2.29. The minimum Gasteiger partial charge on any atom is -0.299 e. The Kier molecular flexibility index (Phi) is 4.42. The molecule has 0 atom stereocenters. The van der Waals surface area contributed by atoms with Crippen molar-refractivity contribution in [2.75, 3.05) is 19.3 Å². The van der Waals surface area contributed by atoms with Gasteiger partial charge in [0.05, 0.1) is 11.8 Å². The molecule has 0 aliphatic carbocycles. The molecule has 0 radical (unpaired) electrons. The lowest BCUT2D eigenvalue weighted by Gasteiger charge is -2.32. The molecular formula is C16H21N3O2S. The number of hydrogen-bond donors (Lipinski definition) is 1. The van der Waals surface area contributed by atoms with Crippen LogP contribution in [0.15, 0.2) is 36.5 Å². The van der Waals surface area contributed by atoms with Crippen LogP contribution in [0.5, 0.6) is 0 Å². The van der Waals surface area contributed by atoms with Crippen LogP contribution in [0, 0.1) is 0 Å². The highest BCUT2D eigenvalue weighted by Crippen LogP contribution is 2.20. The molecule has 1 aromatic heterocycles. The molecule has 1 N–H and O–H groups in total. The molecule has 6 heteroatoms. The highest BCUT2D eigenvalue weighted by atomic mass is 32.2. The number of benzene rings is 1. The van der Waals surface area contributed by atoms with Gasteiger partial charge in [-0.3, -0.25) is 9.88 Å². The molecule has 1 saturated heterocycles. The topological polar surface area (TPSA) is 62.3 Å². The van der Waals surface area contributed by atoms with Crippen molar-refractivity contribution < 1.29 is 8.42 Å². The number of aromatic nitrogens is 1. The molecule has 22 heavy (non-hydrogen) atoms. The Morgan fingerprint density at radius 3 is 2.68 bits per heavy atom. The summed E-state index contributed by atoms with van der Waals surface area (Å²) in [5, 5.41) is 1.16. The van der Waals surface area contributed by atoms with Gasteiger partial charge in [0, 0.05) is 37.3 Å². The standard InChI is InChI=1S/C16H21N3O2S/c1-22(20,21)18-15-7-10-19(11-8-15)12-14-5-2-4-13-6-3-9-17-16(13)14/h2-6,9,15,18H,7-8,10-12H2,1H3. The number of hydrogen-bond acceptors (Lipinski definition) is 4. The Balaban J connectivity index is 1.65. The highest BCUT2D eigenvalue weighted by Gasteiger charge is 2.21. The number of likely N-dealkylation sites (tertiary alicyclic amines) is 1. The molecule has 0 bridgehead atoms. The summed E-state index contributed by atoms with van der Waals surface area (Å²) in [5.74, 6) is 0. The van der Waals surface area contributed by atoms with E-state index >= 15 is 0 Å². The highest BCUT2D eigenvalue weighted by molar-refractivity contribution is 7.88. The number of pyridine rings is 1. The van der Waals surface area contributed by atoms with Gasteiger partial charge in [0.2, 0.25) is 10.0 Å². The van der Waals surface area contributed by atoms with Crippen LogP contribution in [-0.4, -0.2) is 43.7 Å². The Morgan fingerprint density at radius 2 is 1.95 bits per heavy atom. The van der Waals surface area contributed by atoms with Gasteiger partial charge in [-0.2, -0.15) is 0 Å². The summed E-state index contributed by atoms with van der Waals surface area (Å²) >= 11 is 0. The number of para-hydroxylation sites is 1. The third kappa shape index (κ3) is 3.82. The van der Waals surface area contributed by atoms with E-state index < -0.39 is 10.0 Å². The van der Waals surface area contributed by atoms with E-state index in [0.717, 1.165) is 43.4 Å². The van der Waals surface area contributed by atoms with Crippen LogP contribution in [0.2, 0.25) is 0 Å². The molecule has 1 aliphatic rings. The van der Waals surface area contributed by atoms with Gasteiger partial charge >= 0.3 is 0 Å². The zero-order chi connectivity index (χ0) is 15.6. The Bertz CT molecular complexity index is 748. The van der Waals surface area contributed by atoms with Crippen LogP contribution in [0.4, 0.5) is 0 Å². The van der Waals surface area contributed by atoms with Gasteiger partial charge in [0.15, 0.2) is 0 Å². The first-order valence-corrected chi connectivity index (χ1v) is 9.43. The van der Waals surface area contributed by atoms with E-state index in [9.17, 15) is 8.42 Å². The predicted octanol–water partition coefficient (Wildman–Crippen LogP) is 1.75. The first kappa shape index (κ1) is 15.4. The lowest BCUT2D eigenvalue weighted by molar-refractivity contribution is 0.200. The maximum absolute atomic E-state index is 11.3. The summed E-state index contributed by atoms with van der Waals surface area (Å²) in [6.07, 6.45) is 4.76. The largest absolute Gasteiger partial charge is 0.299 e. The molecule has 5 nitrogen and oxygen atoms in total. The number of fused-ring (bicyclic) bond motifs is 1. The SMILES string of the molecule is CS(=O)(=O)NC1CCN(Cc2cccc3cccnc23)CC1. The van der Waals surface area contributed by atoms with Crippen molar-refractivity contribution in [2.24, 2.45) is 0 Å². The minimum absolute atomic E-state index is 0.0666. The van der Waals surface area contributed by atoms with E-state index in [1.54, 1.807) is 0 Å². The summed E-state index contributed by atoms with van der Waals surface area (Å²) in [7, 11) is -3.11. The molecule has 3 rings (SSSR count). The zero-order valence-electron chi connectivity index (χ0n) is 12.7. The summed E-state index contributed by atoms with van der Waals surface area (Å²) < 4.78 is 25.3. The number of sulfonamides is 1. The lowest BCUT2D eigenvalue weighted by atomic mass is 10.0. The molecule has 1 aromatic carbocycles. The number of rotatable bonds is 4. The summed E-state index contributed by atoms with van der Waals surface area (Å²) in [6, 6.07) is 10.4. The molecule has 118 valence electrons. The maximum Gasteiger partial charge on any atom is 0.208 e. The quantitative estimate of drug-likeness (QED) is 0.932. The normalized spacial score (nSPS) is 17.9. The van der Waals surface area contributed by atoms with Gasteiger partial charge in [-0.1, -0.05) is 24.3 Å². The van der Waals surface area contributed by atoms with E-state index in [1.165, 1.54) is 11.8 Å². The molecule has 0 spiro atoms. The van der Waals surface area contributed by atoms with Crippen molar-refractivity contribution >= 4 is 20.9 Å².